The first kappa shape index (κ1) is 14.6. The highest BCUT2D eigenvalue weighted by molar-refractivity contribution is 9.10. The van der Waals surface area contributed by atoms with Crippen LogP contribution in [0.5, 0.6) is 5.75 Å². The normalized spacial score (nSPS) is 10.4. The summed E-state index contributed by atoms with van der Waals surface area (Å²) in [5.41, 5.74) is 1.23. The zero-order chi connectivity index (χ0) is 14.7. The molecule has 1 amide bonds. The van der Waals surface area contributed by atoms with E-state index in [0.717, 1.165) is 15.9 Å². The van der Waals surface area contributed by atoms with Crippen LogP contribution in [0.15, 0.2) is 33.3 Å². The Labute approximate surface area is 125 Å². The third-order valence-electron chi connectivity index (χ3n) is 2.82. The Balaban J connectivity index is 2.18. The van der Waals surface area contributed by atoms with Crippen LogP contribution in [0.25, 0.3) is 0 Å². The SMILES string of the molecule is COc1cc(Br)ccc1C(=O)N(C)Cc1cc(C)on1. The minimum atomic E-state index is -0.130. The summed E-state index contributed by atoms with van der Waals surface area (Å²) >= 11 is 3.35. The molecule has 0 aliphatic heterocycles. The van der Waals surface area contributed by atoms with Crippen LogP contribution in [0.1, 0.15) is 21.8 Å². The van der Waals surface area contributed by atoms with Gasteiger partial charge < -0.3 is 14.2 Å². The number of amides is 1. The molecular formula is C14H15BrN2O3. The van der Waals surface area contributed by atoms with E-state index in [2.05, 4.69) is 21.1 Å². The maximum Gasteiger partial charge on any atom is 0.257 e. The van der Waals surface area contributed by atoms with Crippen LogP contribution in [-0.4, -0.2) is 30.1 Å². The van der Waals surface area contributed by atoms with E-state index in [9.17, 15) is 4.79 Å². The Morgan fingerprint density at radius 3 is 2.80 bits per heavy atom. The number of ether oxygens (including phenoxy) is 1. The van der Waals surface area contributed by atoms with Gasteiger partial charge in [0.25, 0.3) is 5.91 Å². The number of rotatable bonds is 4. The standard InChI is InChI=1S/C14H15BrN2O3/c1-9-6-11(16-20-9)8-17(2)14(18)12-5-4-10(15)7-13(12)19-3/h4-7H,8H2,1-3H3. The van der Waals surface area contributed by atoms with Crippen LogP contribution in [-0.2, 0) is 6.54 Å². The molecule has 2 rings (SSSR count). The lowest BCUT2D eigenvalue weighted by Gasteiger charge is -2.17. The fourth-order valence-corrected chi connectivity index (χ4v) is 2.19. The minimum Gasteiger partial charge on any atom is -0.496 e. The molecule has 0 radical (unpaired) electrons. The smallest absolute Gasteiger partial charge is 0.257 e. The molecule has 0 unspecified atom stereocenters. The molecule has 0 fully saturated rings. The van der Waals surface area contributed by atoms with Crippen molar-refractivity contribution in [3.05, 3.63) is 45.8 Å². The van der Waals surface area contributed by atoms with Crippen molar-refractivity contribution in [1.29, 1.82) is 0 Å². The number of nitrogens with zero attached hydrogens (tertiary/aromatic N) is 2. The van der Waals surface area contributed by atoms with Crippen molar-refractivity contribution in [2.24, 2.45) is 0 Å². The second-order valence-electron chi connectivity index (χ2n) is 4.43. The van der Waals surface area contributed by atoms with Gasteiger partial charge in [0.2, 0.25) is 0 Å². The molecular weight excluding hydrogens is 324 g/mol. The quantitative estimate of drug-likeness (QED) is 0.859. The van der Waals surface area contributed by atoms with Crippen molar-refractivity contribution in [2.45, 2.75) is 13.5 Å². The highest BCUT2D eigenvalue weighted by atomic mass is 79.9. The summed E-state index contributed by atoms with van der Waals surface area (Å²) in [5.74, 6) is 1.13. The second kappa shape index (κ2) is 6.09. The number of aryl methyl sites for hydroxylation is 1. The van der Waals surface area contributed by atoms with Gasteiger partial charge in [0, 0.05) is 17.6 Å². The number of methoxy groups -OCH3 is 1. The molecule has 1 heterocycles. The third kappa shape index (κ3) is 3.19. The van der Waals surface area contributed by atoms with E-state index in [-0.39, 0.29) is 5.91 Å². The molecule has 1 aromatic heterocycles. The summed E-state index contributed by atoms with van der Waals surface area (Å²) in [5, 5.41) is 3.88. The number of benzene rings is 1. The van der Waals surface area contributed by atoms with Crippen molar-refractivity contribution in [2.75, 3.05) is 14.2 Å². The first-order valence-electron chi connectivity index (χ1n) is 6.02. The second-order valence-corrected chi connectivity index (χ2v) is 5.35. The van der Waals surface area contributed by atoms with E-state index < -0.39 is 0 Å². The molecule has 0 spiro atoms. The predicted molar refractivity (Wildman–Crippen MR) is 77.7 cm³/mol. The summed E-state index contributed by atoms with van der Waals surface area (Å²) in [7, 11) is 3.26. The summed E-state index contributed by atoms with van der Waals surface area (Å²) in [6.07, 6.45) is 0. The third-order valence-corrected chi connectivity index (χ3v) is 3.31. The lowest BCUT2D eigenvalue weighted by atomic mass is 10.1. The monoisotopic (exact) mass is 338 g/mol. The van der Waals surface area contributed by atoms with Gasteiger partial charge >= 0.3 is 0 Å². The molecule has 0 N–H and O–H groups in total. The van der Waals surface area contributed by atoms with Crippen LogP contribution < -0.4 is 4.74 Å². The first-order valence-corrected chi connectivity index (χ1v) is 6.81. The summed E-state index contributed by atoms with van der Waals surface area (Å²) in [6.45, 7) is 2.20. The first-order chi connectivity index (χ1) is 9.51. The van der Waals surface area contributed by atoms with Crippen LogP contribution in [0, 0.1) is 6.92 Å². The molecule has 0 atom stereocenters. The van der Waals surface area contributed by atoms with Crippen molar-refractivity contribution >= 4 is 21.8 Å². The molecule has 6 heteroatoms. The molecule has 106 valence electrons. The van der Waals surface area contributed by atoms with Crippen LogP contribution in [0.4, 0.5) is 0 Å². The summed E-state index contributed by atoms with van der Waals surface area (Å²) < 4.78 is 11.1. The van der Waals surface area contributed by atoms with E-state index in [1.54, 1.807) is 31.2 Å². The molecule has 20 heavy (non-hydrogen) atoms. The largest absolute Gasteiger partial charge is 0.496 e. The Bertz CT molecular complexity index is 625. The average Bonchev–Trinajstić information content (AvgIpc) is 2.83. The van der Waals surface area contributed by atoms with E-state index in [4.69, 9.17) is 9.26 Å². The van der Waals surface area contributed by atoms with Crippen molar-refractivity contribution in [1.82, 2.24) is 10.1 Å². The lowest BCUT2D eigenvalue weighted by Crippen LogP contribution is -2.26. The Morgan fingerprint density at radius 2 is 2.20 bits per heavy atom. The van der Waals surface area contributed by atoms with E-state index in [1.165, 1.54) is 0 Å². The number of carbonyl (C=O) groups excluding carboxylic acids is 1. The van der Waals surface area contributed by atoms with Gasteiger partial charge in [-0.05, 0) is 25.1 Å². The van der Waals surface area contributed by atoms with Crippen molar-refractivity contribution < 1.29 is 14.1 Å². The van der Waals surface area contributed by atoms with Crippen LogP contribution in [0.2, 0.25) is 0 Å². The number of aromatic nitrogens is 1. The van der Waals surface area contributed by atoms with E-state index in [1.807, 2.05) is 19.1 Å². The Kier molecular flexibility index (Phi) is 4.44. The fraction of sp³-hybridized carbons (Fsp3) is 0.286. The average molecular weight is 339 g/mol. The zero-order valence-corrected chi connectivity index (χ0v) is 13.1. The highest BCUT2D eigenvalue weighted by Gasteiger charge is 2.18. The Hall–Kier alpha value is -1.82. The maximum absolute atomic E-state index is 12.4. The molecule has 0 saturated carbocycles. The van der Waals surface area contributed by atoms with Crippen LogP contribution in [0.3, 0.4) is 0 Å². The number of halogens is 1. The molecule has 1 aromatic carbocycles. The van der Waals surface area contributed by atoms with E-state index in [0.29, 0.717) is 17.9 Å². The zero-order valence-electron chi connectivity index (χ0n) is 11.5. The van der Waals surface area contributed by atoms with Gasteiger partial charge in [-0.25, -0.2) is 0 Å². The minimum absolute atomic E-state index is 0.130. The maximum atomic E-state index is 12.4. The Morgan fingerprint density at radius 1 is 1.45 bits per heavy atom. The summed E-state index contributed by atoms with van der Waals surface area (Å²) in [6, 6.07) is 7.11. The van der Waals surface area contributed by atoms with Crippen molar-refractivity contribution in [3.63, 3.8) is 0 Å². The number of hydrogen-bond donors (Lipinski definition) is 0. The number of carbonyl (C=O) groups is 1. The van der Waals surface area contributed by atoms with Crippen molar-refractivity contribution in [3.8, 4) is 5.75 Å². The molecule has 5 nitrogen and oxygen atoms in total. The molecule has 0 bridgehead atoms. The highest BCUT2D eigenvalue weighted by Crippen LogP contribution is 2.24. The fourth-order valence-electron chi connectivity index (χ4n) is 1.85. The van der Waals surface area contributed by atoms with Gasteiger partial charge in [0.05, 0.1) is 19.2 Å². The lowest BCUT2D eigenvalue weighted by molar-refractivity contribution is 0.0778. The molecule has 0 aliphatic rings. The van der Waals surface area contributed by atoms with Gasteiger partial charge in [-0.1, -0.05) is 21.1 Å². The number of hydrogen-bond acceptors (Lipinski definition) is 4. The van der Waals surface area contributed by atoms with Gasteiger partial charge in [-0.3, -0.25) is 4.79 Å². The van der Waals surface area contributed by atoms with Gasteiger partial charge in [0.15, 0.2) is 0 Å². The van der Waals surface area contributed by atoms with Crippen LogP contribution >= 0.6 is 15.9 Å². The van der Waals surface area contributed by atoms with E-state index >= 15 is 0 Å². The molecule has 2 aromatic rings. The van der Waals surface area contributed by atoms with Gasteiger partial charge in [0.1, 0.15) is 17.2 Å². The molecule has 0 aliphatic carbocycles. The molecule has 0 saturated heterocycles. The van der Waals surface area contributed by atoms with Gasteiger partial charge in [-0.15, -0.1) is 0 Å². The topological polar surface area (TPSA) is 55.6 Å². The van der Waals surface area contributed by atoms with Gasteiger partial charge in [-0.2, -0.15) is 0 Å². The summed E-state index contributed by atoms with van der Waals surface area (Å²) in [4.78, 5) is 14.0. The predicted octanol–water partition coefficient (Wildman–Crippen LogP) is 3.03.